The summed E-state index contributed by atoms with van der Waals surface area (Å²) in [6, 6.07) is 10.5. The second-order valence-electron chi connectivity index (χ2n) is 11.8. The first-order chi connectivity index (χ1) is 18.9. The molecule has 1 aliphatic carbocycles. The van der Waals surface area contributed by atoms with Gasteiger partial charge < -0.3 is 25.4 Å². The molecule has 2 atom stereocenters. The highest BCUT2D eigenvalue weighted by molar-refractivity contribution is 5.93. The maximum Gasteiger partial charge on any atom is 0.408 e. The summed E-state index contributed by atoms with van der Waals surface area (Å²) < 4.78 is 5.51. The van der Waals surface area contributed by atoms with Gasteiger partial charge in [0.25, 0.3) is 0 Å². The van der Waals surface area contributed by atoms with Crippen LogP contribution in [0.3, 0.4) is 0 Å². The average molecular weight is 552 g/mol. The Labute approximate surface area is 238 Å². The summed E-state index contributed by atoms with van der Waals surface area (Å²) in [5, 5.41) is 15.6. The Morgan fingerprint density at radius 1 is 1.05 bits per heavy atom. The second kappa shape index (κ2) is 13.7. The van der Waals surface area contributed by atoms with Crippen molar-refractivity contribution in [2.24, 2.45) is 0 Å². The minimum Gasteiger partial charge on any atom is -0.508 e. The zero-order valence-corrected chi connectivity index (χ0v) is 24.8. The number of phenols is 1. The molecule has 1 fully saturated rings. The lowest BCUT2D eigenvalue weighted by Crippen LogP contribution is -2.58. The predicted molar refractivity (Wildman–Crippen MR) is 156 cm³/mol. The summed E-state index contributed by atoms with van der Waals surface area (Å²) in [4.78, 5) is 43.1. The molecule has 1 aliphatic rings. The van der Waals surface area contributed by atoms with E-state index in [0.29, 0.717) is 6.54 Å². The maximum absolute atomic E-state index is 14.5. The lowest BCUT2D eigenvalue weighted by molar-refractivity contribution is -0.147. The number of carbonyl (C=O) groups is 3. The number of nitrogens with zero attached hydrogens (tertiary/aromatic N) is 1. The summed E-state index contributed by atoms with van der Waals surface area (Å²) in [5.41, 5.74) is 2.70. The number of benzene rings is 2. The third-order valence-corrected chi connectivity index (χ3v) is 7.26. The standard InChI is InChI=1S/C32H45N3O5/c1-7-8-19-33-29(37)28(27-21(2)11-9-12-22(27)3)35(24-13-10-14-24)30(38)26(34-31(39)40-32(4,5)6)20-23-15-17-25(36)18-16-23/h9,11-12,15-18,24,26,28,36H,7-8,10,13-14,19-20H2,1-6H3,(H,33,37)(H,34,39). The number of phenolic OH excluding ortho intramolecular Hbond substituents is 1. The first kappa shape index (κ1) is 31.0. The molecule has 3 amide bonds. The van der Waals surface area contributed by atoms with Crippen molar-refractivity contribution in [3.63, 3.8) is 0 Å². The van der Waals surface area contributed by atoms with Crippen molar-refractivity contribution in [1.82, 2.24) is 15.5 Å². The van der Waals surface area contributed by atoms with E-state index < -0.39 is 23.8 Å². The van der Waals surface area contributed by atoms with Crippen molar-refractivity contribution >= 4 is 17.9 Å². The summed E-state index contributed by atoms with van der Waals surface area (Å²) in [5.74, 6) is -0.435. The normalized spacial score (nSPS) is 14.9. The molecule has 2 aromatic rings. The molecule has 3 rings (SSSR count). The van der Waals surface area contributed by atoms with Crippen molar-refractivity contribution < 1.29 is 24.2 Å². The van der Waals surface area contributed by atoms with E-state index in [0.717, 1.165) is 54.4 Å². The van der Waals surface area contributed by atoms with E-state index in [1.165, 1.54) is 0 Å². The molecule has 40 heavy (non-hydrogen) atoms. The van der Waals surface area contributed by atoms with Crippen LogP contribution in [0.15, 0.2) is 42.5 Å². The molecule has 0 heterocycles. The molecule has 218 valence electrons. The number of hydrogen-bond acceptors (Lipinski definition) is 5. The number of alkyl carbamates (subject to hydrolysis) is 1. The molecule has 1 saturated carbocycles. The van der Waals surface area contributed by atoms with Crippen LogP contribution in [0, 0.1) is 13.8 Å². The molecule has 0 bridgehead atoms. The van der Waals surface area contributed by atoms with Crippen LogP contribution in [0.5, 0.6) is 5.75 Å². The summed E-state index contributed by atoms with van der Waals surface area (Å²) in [7, 11) is 0. The van der Waals surface area contributed by atoms with Gasteiger partial charge in [-0.15, -0.1) is 0 Å². The van der Waals surface area contributed by atoms with Gasteiger partial charge in [-0.3, -0.25) is 9.59 Å². The van der Waals surface area contributed by atoms with Gasteiger partial charge in [-0.2, -0.15) is 0 Å². The molecule has 0 aromatic heterocycles. The number of aromatic hydroxyl groups is 1. The van der Waals surface area contributed by atoms with Crippen LogP contribution in [-0.2, 0) is 20.7 Å². The van der Waals surface area contributed by atoms with Crippen LogP contribution in [0.2, 0.25) is 0 Å². The number of nitrogens with one attached hydrogen (secondary N) is 2. The zero-order chi connectivity index (χ0) is 29.4. The number of amides is 3. The quantitative estimate of drug-likeness (QED) is 0.321. The molecule has 0 saturated heterocycles. The third-order valence-electron chi connectivity index (χ3n) is 7.26. The molecule has 8 heteroatoms. The van der Waals surface area contributed by atoms with E-state index in [-0.39, 0.29) is 30.0 Å². The van der Waals surface area contributed by atoms with Crippen molar-refractivity contribution in [2.75, 3.05) is 6.54 Å². The van der Waals surface area contributed by atoms with Crippen LogP contribution in [0.25, 0.3) is 0 Å². The van der Waals surface area contributed by atoms with Gasteiger partial charge in [0.05, 0.1) is 0 Å². The fourth-order valence-electron chi connectivity index (χ4n) is 5.02. The Bertz CT molecular complexity index is 1150. The van der Waals surface area contributed by atoms with Crippen LogP contribution >= 0.6 is 0 Å². The van der Waals surface area contributed by atoms with E-state index in [9.17, 15) is 19.5 Å². The Hall–Kier alpha value is -3.55. The summed E-state index contributed by atoms with van der Waals surface area (Å²) >= 11 is 0. The zero-order valence-electron chi connectivity index (χ0n) is 24.8. The van der Waals surface area contributed by atoms with Crippen LogP contribution in [0.1, 0.15) is 88.1 Å². The second-order valence-corrected chi connectivity index (χ2v) is 11.8. The van der Waals surface area contributed by atoms with Crippen LogP contribution in [-0.4, -0.2) is 52.1 Å². The highest BCUT2D eigenvalue weighted by Gasteiger charge is 2.42. The van der Waals surface area contributed by atoms with Crippen molar-refractivity contribution in [3.8, 4) is 5.75 Å². The van der Waals surface area contributed by atoms with E-state index in [1.54, 1.807) is 49.9 Å². The van der Waals surface area contributed by atoms with Gasteiger partial charge in [-0.05, 0) is 94.7 Å². The molecule has 2 unspecified atom stereocenters. The number of carbonyl (C=O) groups excluding carboxylic acids is 3. The first-order valence-corrected chi connectivity index (χ1v) is 14.3. The highest BCUT2D eigenvalue weighted by Crippen LogP contribution is 2.36. The van der Waals surface area contributed by atoms with Crippen molar-refractivity contribution in [1.29, 1.82) is 0 Å². The summed E-state index contributed by atoms with van der Waals surface area (Å²) in [6.45, 7) is 11.8. The van der Waals surface area contributed by atoms with Gasteiger partial charge in [0, 0.05) is 19.0 Å². The van der Waals surface area contributed by atoms with Gasteiger partial charge in [0.2, 0.25) is 11.8 Å². The third kappa shape index (κ3) is 8.23. The number of ether oxygens (including phenoxy) is 1. The first-order valence-electron chi connectivity index (χ1n) is 14.3. The van der Waals surface area contributed by atoms with Crippen LogP contribution in [0.4, 0.5) is 4.79 Å². The van der Waals surface area contributed by atoms with E-state index >= 15 is 0 Å². The van der Waals surface area contributed by atoms with Gasteiger partial charge in [0.1, 0.15) is 23.4 Å². The largest absolute Gasteiger partial charge is 0.508 e. The van der Waals surface area contributed by atoms with Gasteiger partial charge in [0.15, 0.2) is 0 Å². The highest BCUT2D eigenvalue weighted by atomic mass is 16.6. The lowest BCUT2D eigenvalue weighted by Gasteiger charge is -2.44. The van der Waals surface area contributed by atoms with E-state index in [4.69, 9.17) is 4.74 Å². The molecule has 3 N–H and O–H groups in total. The monoisotopic (exact) mass is 551 g/mol. The minimum atomic E-state index is -0.977. The number of rotatable bonds is 11. The summed E-state index contributed by atoms with van der Waals surface area (Å²) in [6.07, 6.45) is 3.79. The molecule has 0 aliphatic heterocycles. The maximum atomic E-state index is 14.5. The average Bonchev–Trinajstić information content (AvgIpc) is 2.83. The molecule has 2 aromatic carbocycles. The minimum absolute atomic E-state index is 0.113. The smallest absolute Gasteiger partial charge is 0.408 e. The van der Waals surface area contributed by atoms with Crippen molar-refractivity contribution in [2.45, 2.75) is 104 Å². The van der Waals surface area contributed by atoms with Gasteiger partial charge in [-0.1, -0.05) is 43.7 Å². The number of hydrogen-bond donors (Lipinski definition) is 3. The Morgan fingerprint density at radius 2 is 1.68 bits per heavy atom. The SMILES string of the molecule is CCCCNC(=O)C(c1c(C)cccc1C)N(C(=O)C(Cc1ccc(O)cc1)NC(=O)OC(C)(C)C)C1CCC1. The Balaban J connectivity index is 2.06. The molecule has 0 spiro atoms. The molecule has 0 radical (unpaired) electrons. The predicted octanol–water partition coefficient (Wildman–Crippen LogP) is 5.48. The fourth-order valence-corrected chi connectivity index (χ4v) is 5.02. The molecular weight excluding hydrogens is 506 g/mol. The molecular formula is C32H45N3O5. The number of unbranched alkanes of at least 4 members (excludes halogenated alkanes) is 1. The Morgan fingerprint density at radius 3 is 2.20 bits per heavy atom. The fraction of sp³-hybridized carbons (Fsp3) is 0.531. The van der Waals surface area contributed by atoms with E-state index in [1.807, 2.05) is 32.0 Å². The van der Waals surface area contributed by atoms with Crippen LogP contribution < -0.4 is 10.6 Å². The topological polar surface area (TPSA) is 108 Å². The van der Waals surface area contributed by atoms with Gasteiger partial charge in [-0.25, -0.2) is 4.79 Å². The lowest BCUT2D eigenvalue weighted by atomic mass is 9.86. The van der Waals surface area contributed by atoms with Crippen molar-refractivity contribution in [3.05, 3.63) is 64.7 Å². The van der Waals surface area contributed by atoms with Gasteiger partial charge >= 0.3 is 6.09 Å². The number of aryl methyl sites for hydroxylation is 2. The molecule has 8 nitrogen and oxygen atoms in total. The Kier molecular flexibility index (Phi) is 10.6. The van der Waals surface area contributed by atoms with E-state index in [2.05, 4.69) is 17.6 Å².